The van der Waals surface area contributed by atoms with Gasteiger partial charge in [-0.3, -0.25) is 19.2 Å². The number of rotatable bonds is 12. The van der Waals surface area contributed by atoms with Gasteiger partial charge in [-0.25, -0.2) is 4.79 Å². The summed E-state index contributed by atoms with van der Waals surface area (Å²) in [6.45, 7) is -1.37. The summed E-state index contributed by atoms with van der Waals surface area (Å²) < 4.78 is 5.57. The van der Waals surface area contributed by atoms with Crippen molar-refractivity contribution in [3.8, 4) is 0 Å². The molecule has 3 atom stereocenters. The van der Waals surface area contributed by atoms with E-state index in [1.807, 2.05) is 0 Å². The highest BCUT2D eigenvalue weighted by Gasteiger charge is 2.72. The minimum Gasteiger partial charge on any atom is -0.434 e. The summed E-state index contributed by atoms with van der Waals surface area (Å²) in [5.74, 6) is -7.50. The van der Waals surface area contributed by atoms with Crippen molar-refractivity contribution in [1.29, 1.82) is 0 Å². The quantitative estimate of drug-likeness (QED) is 0.102. The zero-order valence-electron chi connectivity index (χ0n) is 22.1. The predicted octanol–water partition coefficient (Wildman–Crippen LogP) is 2.88. The van der Waals surface area contributed by atoms with E-state index in [1.54, 1.807) is 18.2 Å². The first-order chi connectivity index (χ1) is 20.2. The van der Waals surface area contributed by atoms with Crippen molar-refractivity contribution in [3.05, 3.63) is 144 Å². The minimum atomic E-state index is -3.71. The van der Waals surface area contributed by atoms with Gasteiger partial charge < -0.3 is 20.1 Å². The number of carbonyl (C=O) groups is 5. The molecule has 3 N–H and O–H groups in total. The lowest BCUT2D eigenvalue weighted by Crippen LogP contribution is -2.75. The summed E-state index contributed by atoms with van der Waals surface area (Å²) in [5, 5.41) is 33.4. The van der Waals surface area contributed by atoms with Gasteiger partial charge in [0.2, 0.25) is 23.0 Å². The van der Waals surface area contributed by atoms with Crippen LogP contribution in [0.1, 0.15) is 41.4 Å². The third-order valence-corrected chi connectivity index (χ3v) is 6.75. The first-order valence-corrected chi connectivity index (χ1v) is 12.8. The van der Waals surface area contributed by atoms with Crippen LogP contribution >= 0.6 is 0 Å². The van der Waals surface area contributed by atoms with Crippen LogP contribution in [0, 0.1) is 0 Å². The molecule has 0 amide bonds. The van der Waals surface area contributed by atoms with Gasteiger partial charge in [0.15, 0.2) is 0 Å². The normalized spacial score (nSPS) is 14.5. The van der Waals surface area contributed by atoms with Crippen molar-refractivity contribution in [2.75, 3.05) is 6.61 Å². The number of ether oxygens (including phenoxy) is 1. The first-order valence-electron chi connectivity index (χ1n) is 12.8. The second-order valence-corrected chi connectivity index (χ2v) is 9.32. The van der Waals surface area contributed by atoms with Gasteiger partial charge in [-0.2, -0.15) is 0 Å². The van der Waals surface area contributed by atoms with E-state index in [2.05, 4.69) is 0 Å². The van der Waals surface area contributed by atoms with Gasteiger partial charge in [0.05, 0.1) is 12.2 Å². The molecule has 0 radical (unpaired) electrons. The number of hydrogen-bond donors (Lipinski definition) is 3. The molecule has 0 bridgehead atoms. The van der Waals surface area contributed by atoms with E-state index in [0.29, 0.717) is 0 Å². The fourth-order valence-corrected chi connectivity index (χ4v) is 4.55. The molecule has 0 unspecified atom stereocenters. The molecule has 4 aromatic carbocycles. The van der Waals surface area contributed by atoms with Crippen molar-refractivity contribution >= 4 is 29.1 Å². The monoisotopic (exact) mass is 566 g/mol. The van der Waals surface area contributed by atoms with Gasteiger partial charge in [0, 0.05) is 16.7 Å². The van der Waals surface area contributed by atoms with Gasteiger partial charge in [-0.05, 0) is 12.1 Å². The third kappa shape index (κ3) is 5.31. The number of benzene rings is 4. The van der Waals surface area contributed by atoms with E-state index in [4.69, 9.17) is 4.74 Å². The Balaban J connectivity index is 2.10. The van der Waals surface area contributed by atoms with Crippen LogP contribution in [-0.4, -0.2) is 68.3 Å². The molecule has 42 heavy (non-hydrogen) atoms. The Bertz CT molecular complexity index is 1590. The van der Waals surface area contributed by atoms with Crippen molar-refractivity contribution in [1.82, 2.24) is 0 Å². The molecule has 0 fully saturated rings. The van der Waals surface area contributed by atoms with Crippen molar-refractivity contribution in [3.63, 3.8) is 0 Å². The summed E-state index contributed by atoms with van der Waals surface area (Å²) in [7, 11) is 0. The van der Waals surface area contributed by atoms with Crippen LogP contribution in [0.25, 0.3) is 0 Å². The minimum absolute atomic E-state index is 0.198. The number of aliphatic hydroxyl groups is 3. The zero-order chi connectivity index (χ0) is 30.3. The lowest BCUT2D eigenvalue weighted by Gasteiger charge is -2.44. The largest absolute Gasteiger partial charge is 0.434 e. The van der Waals surface area contributed by atoms with E-state index in [0.717, 1.165) is 0 Å². The number of hydrogen-bond acceptors (Lipinski definition) is 9. The van der Waals surface area contributed by atoms with E-state index < -0.39 is 53.0 Å². The molecule has 4 aromatic rings. The Labute approximate surface area is 240 Å². The molecule has 0 heterocycles. The summed E-state index contributed by atoms with van der Waals surface area (Å²) >= 11 is 0. The molecule has 0 aliphatic heterocycles. The number of Topliss-reactive ketones (excluding diaryl/α,β-unsaturated/α-hetero) is 4. The maximum Gasteiger partial charge on any atom is 0.339 e. The fraction of sp³-hybridized carbons (Fsp3) is 0.121. The van der Waals surface area contributed by atoms with Gasteiger partial charge in [0.25, 0.3) is 11.4 Å². The Hall–Kier alpha value is -5.09. The van der Waals surface area contributed by atoms with Crippen molar-refractivity contribution < 1.29 is 44.0 Å². The summed E-state index contributed by atoms with van der Waals surface area (Å²) in [4.78, 5) is 70.2. The Morgan fingerprint density at radius 3 is 1.40 bits per heavy atom. The van der Waals surface area contributed by atoms with Crippen molar-refractivity contribution in [2.45, 2.75) is 17.3 Å². The van der Waals surface area contributed by atoms with Crippen LogP contribution in [0.2, 0.25) is 0 Å². The van der Waals surface area contributed by atoms with Crippen LogP contribution in [0.4, 0.5) is 0 Å². The van der Waals surface area contributed by atoms with Crippen LogP contribution in [0.15, 0.2) is 121 Å². The topological polar surface area (TPSA) is 155 Å². The highest BCUT2D eigenvalue weighted by atomic mass is 16.6. The van der Waals surface area contributed by atoms with Gasteiger partial charge >= 0.3 is 5.97 Å². The second kappa shape index (κ2) is 12.6. The van der Waals surface area contributed by atoms with E-state index in [-0.39, 0.29) is 22.3 Å². The van der Waals surface area contributed by atoms with Gasteiger partial charge in [0.1, 0.15) is 6.10 Å². The average molecular weight is 567 g/mol. The maximum absolute atomic E-state index is 14.5. The number of carbonyl (C=O) groups excluding carboxylic acids is 5. The molecular formula is C33H26O9. The van der Waals surface area contributed by atoms with E-state index >= 15 is 0 Å². The first kappa shape index (κ1) is 29.9. The Morgan fingerprint density at radius 2 is 0.976 bits per heavy atom. The molecule has 0 saturated carbocycles. The molecule has 0 saturated heterocycles. The molecule has 9 nitrogen and oxygen atoms in total. The van der Waals surface area contributed by atoms with Crippen LogP contribution in [0.3, 0.4) is 0 Å². The highest BCUT2D eigenvalue weighted by molar-refractivity contribution is 6.52. The molecule has 0 aromatic heterocycles. The van der Waals surface area contributed by atoms with E-state index in [9.17, 15) is 39.3 Å². The molecule has 4 rings (SSSR count). The lowest BCUT2D eigenvalue weighted by atomic mass is 9.66. The maximum atomic E-state index is 14.5. The summed E-state index contributed by atoms with van der Waals surface area (Å²) in [6, 6.07) is 27.5. The fourth-order valence-electron chi connectivity index (χ4n) is 4.55. The molecule has 212 valence electrons. The average Bonchev–Trinajstić information content (AvgIpc) is 3.06. The van der Waals surface area contributed by atoms with Crippen LogP contribution in [-0.2, 0) is 9.53 Å². The Morgan fingerprint density at radius 1 is 0.595 bits per heavy atom. The van der Waals surface area contributed by atoms with Crippen LogP contribution < -0.4 is 0 Å². The van der Waals surface area contributed by atoms with Crippen molar-refractivity contribution in [2.24, 2.45) is 0 Å². The standard InChI is InChI=1S/C33H26O9/c34-21-26(35)32(41,28(37)23-15-7-2-8-16-23)33(29(38)24-17-9-3-10-18-24,42-31(40)25-19-11-4-12-20-25)30(39)27(36)22-13-5-1-6-14-22/h1-20,26,34-35,41H,21H2/t26-,32-,33+/m0/s1. The smallest absolute Gasteiger partial charge is 0.339 e. The van der Waals surface area contributed by atoms with Gasteiger partial charge in [-0.15, -0.1) is 0 Å². The molecular weight excluding hydrogens is 540 g/mol. The summed E-state index contributed by atoms with van der Waals surface area (Å²) in [6.07, 6.45) is -2.59. The lowest BCUT2D eigenvalue weighted by molar-refractivity contribution is -0.173. The van der Waals surface area contributed by atoms with Crippen LogP contribution in [0.5, 0.6) is 0 Å². The highest BCUT2D eigenvalue weighted by Crippen LogP contribution is 2.39. The molecule has 9 heteroatoms. The third-order valence-electron chi connectivity index (χ3n) is 6.75. The zero-order valence-corrected chi connectivity index (χ0v) is 22.1. The molecule has 0 spiro atoms. The number of aliphatic hydroxyl groups excluding tert-OH is 2. The predicted molar refractivity (Wildman–Crippen MR) is 150 cm³/mol. The van der Waals surface area contributed by atoms with Gasteiger partial charge in [-0.1, -0.05) is 109 Å². The SMILES string of the molecule is O=C(O[C@@](C(=O)C(=O)c1ccccc1)(C(=O)c1ccccc1)[C@@](O)(C(=O)c1ccccc1)[C@@H](O)CO)c1ccccc1. The summed E-state index contributed by atoms with van der Waals surface area (Å²) in [5.41, 5.74) is -8.50. The molecule has 0 aliphatic rings. The van der Waals surface area contributed by atoms with E-state index in [1.165, 1.54) is 103 Å². The molecule has 0 aliphatic carbocycles. The second-order valence-electron chi connectivity index (χ2n) is 9.32. The number of esters is 1. The Kier molecular flexibility index (Phi) is 8.97. The number of ketones is 4.